The molecule has 1 saturated carbocycles. The van der Waals surface area contributed by atoms with Gasteiger partial charge >= 0.3 is 0 Å². The van der Waals surface area contributed by atoms with Gasteiger partial charge in [0, 0.05) is 12.1 Å². The summed E-state index contributed by atoms with van der Waals surface area (Å²) in [7, 11) is 0. The van der Waals surface area contributed by atoms with Crippen LogP contribution in [0, 0.1) is 5.92 Å². The molecule has 0 aliphatic heterocycles. The summed E-state index contributed by atoms with van der Waals surface area (Å²) in [6.07, 6.45) is 3.15. The minimum absolute atomic E-state index is 0.157. The van der Waals surface area contributed by atoms with E-state index in [4.69, 9.17) is 0 Å². The van der Waals surface area contributed by atoms with E-state index in [1.807, 2.05) is 0 Å². The monoisotopic (exact) mass is 247 g/mol. The summed E-state index contributed by atoms with van der Waals surface area (Å²) in [4.78, 5) is 0. The van der Waals surface area contributed by atoms with Crippen molar-refractivity contribution in [2.45, 2.75) is 58.2 Å². The Balaban J connectivity index is 2.07. The first-order valence-corrected chi connectivity index (χ1v) is 7.14. The molecule has 0 radical (unpaired) electrons. The van der Waals surface area contributed by atoms with E-state index >= 15 is 0 Å². The third kappa shape index (κ3) is 3.33. The number of nitrogens with one attached hydrogen (secondary N) is 1. The minimum Gasteiger partial charge on any atom is -0.387 e. The maximum atomic E-state index is 10.5. The van der Waals surface area contributed by atoms with Crippen LogP contribution in [0.15, 0.2) is 24.3 Å². The summed E-state index contributed by atoms with van der Waals surface area (Å²) in [5, 5.41) is 14.1. The number of aliphatic hydroxyl groups excluding tert-OH is 1. The molecule has 1 aromatic carbocycles. The Labute approximate surface area is 110 Å². The van der Waals surface area contributed by atoms with Gasteiger partial charge in [0.1, 0.15) is 0 Å². The molecule has 2 nitrogen and oxygen atoms in total. The standard InChI is InChI=1S/C16H25NO/c1-4-12-5-7-13(8-6-12)16(18)15(11(2)3)17-14-9-10-14/h5-8,11,14-18H,4,9-10H2,1-3H3. The van der Waals surface area contributed by atoms with Crippen LogP contribution < -0.4 is 5.32 Å². The maximum Gasteiger partial charge on any atom is 0.0945 e. The Kier molecular flexibility index (Phi) is 4.41. The summed E-state index contributed by atoms with van der Waals surface area (Å²) >= 11 is 0. The topological polar surface area (TPSA) is 32.3 Å². The molecule has 0 spiro atoms. The van der Waals surface area contributed by atoms with Crippen LogP contribution >= 0.6 is 0 Å². The highest BCUT2D eigenvalue weighted by atomic mass is 16.3. The van der Waals surface area contributed by atoms with Gasteiger partial charge in [-0.1, -0.05) is 45.0 Å². The smallest absolute Gasteiger partial charge is 0.0945 e. The first kappa shape index (κ1) is 13.6. The largest absolute Gasteiger partial charge is 0.387 e. The van der Waals surface area contributed by atoms with Gasteiger partial charge in [-0.2, -0.15) is 0 Å². The fraction of sp³-hybridized carbons (Fsp3) is 0.625. The van der Waals surface area contributed by atoms with Gasteiger partial charge in [-0.3, -0.25) is 0 Å². The van der Waals surface area contributed by atoms with E-state index in [1.165, 1.54) is 18.4 Å². The van der Waals surface area contributed by atoms with Crippen molar-refractivity contribution in [1.82, 2.24) is 5.32 Å². The van der Waals surface area contributed by atoms with Crippen molar-refractivity contribution in [1.29, 1.82) is 0 Å². The van der Waals surface area contributed by atoms with Crippen LogP contribution in [0.25, 0.3) is 0 Å². The molecule has 18 heavy (non-hydrogen) atoms. The van der Waals surface area contributed by atoms with Crippen molar-refractivity contribution in [3.8, 4) is 0 Å². The normalized spacial score (nSPS) is 18.9. The molecule has 2 atom stereocenters. The van der Waals surface area contributed by atoms with Gasteiger partial charge in [0.25, 0.3) is 0 Å². The van der Waals surface area contributed by atoms with Crippen LogP contribution in [0.1, 0.15) is 50.8 Å². The molecule has 2 heteroatoms. The van der Waals surface area contributed by atoms with Crippen molar-refractivity contribution in [3.63, 3.8) is 0 Å². The molecule has 1 aromatic rings. The molecule has 1 fully saturated rings. The number of aliphatic hydroxyl groups is 1. The lowest BCUT2D eigenvalue weighted by molar-refractivity contribution is 0.104. The van der Waals surface area contributed by atoms with Crippen LogP contribution in [0.4, 0.5) is 0 Å². The van der Waals surface area contributed by atoms with Crippen molar-refractivity contribution in [2.24, 2.45) is 5.92 Å². The molecule has 1 aliphatic carbocycles. The highest BCUT2D eigenvalue weighted by Gasteiger charge is 2.30. The molecule has 0 heterocycles. The zero-order chi connectivity index (χ0) is 13.1. The molecular formula is C16H25NO. The van der Waals surface area contributed by atoms with E-state index in [0.717, 1.165) is 12.0 Å². The average Bonchev–Trinajstić information content (AvgIpc) is 3.19. The van der Waals surface area contributed by atoms with Crippen molar-refractivity contribution < 1.29 is 5.11 Å². The SMILES string of the molecule is CCc1ccc(C(O)C(NC2CC2)C(C)C)cc1. The van der Waals surface area contributed by atoms with Gasteiger partial charge in [0.2, 0.25) is 0 Å². The lowest BCUT2D eigenvalue weighted by Crippen LogP contribution is -2.40. The maximum absolute atomic E-state index is 10.5. The van der Waals surface area contributed by atoms with Crippen LogP contribution in [0.5, 0.6) is 0 Å². The molecule has 2 unspecified atom stereocenters. The Morgan fingerprint density at radius 3 is 2.28 bits per heavy atom. The van der Waals surface area contributed by atoms with E-state index in [-0.39, 0.29) is 6.04 Å². The third-order valence-electron chi connectivity index (χ3n) is 3.79. The highest BCUT2D eigenvalue weighted by molar-refractivity contribution is 5.25. The fourth-order valence-corrected chi connectivity index (χ4v) is 2.33. The van der Waals surface area contributed by atoms with Gasteiger partial charge in [-0.25, -0.2) is 0 Å². The summed E-state index contributed by atoms with van der Waals surface area (Å²) in [6, 6.07) is 9.15. The Morgan fingerprint density at radius 2 is 1.83 bits per heavy atom. The molecule has 0 saturated heterocycles. The van der Waals surface area contributed by atoms with Gasteiger partial charge in [-0.05, 0) is 36.3 Å². The molecule has 0 bridgehead atoms. The average molecular weight is 247 g/mol. The van der Waals surface area contributed by atoms with Gasteiger partial charge < -0.3 is 10.4 Å². The predicted molar refractivity (Wildman–Crippen MR) is 75.6 cm³/mol. The minimum atomic E-state index is -0.406. The Bertz CT molecular complexity index is 367. The lowest BCUT2D eigenvalue weighted by Gasteiger charge is -2.28. The van der Waals surface area contributed by atoms with Crippen molar-refractivity contribution in [2.75, 3.05) is 0 Å². The fourth-order valence-electron chi connectivity index (χ4n) is 2.33. The van der Waals surface area contributed by atoms with Gasteiger partial charge in [0.15, 0.2) is 0 Å². The highest BCUT2D eigenvalue weighted by Crippen LogP contribution is 2.27. The number of hydrogen-bond acceptors (Lipinski definition) is 2. The number of benzene rings is 1. The first-order chi connectivity index (χ1) is 8.61. The molecule has 2 N–H and O–H groups in total. The van der Waals surface area contributed by atoms with E-state index < -0.39 is 6.10 Å². The van der Waals surface area contributed by atoms with Gasteiger partial charge in [0.05, 0.1) is 6.10 Å². The van der Waals surface area contributed by atoms with Crippen LogP contribution in [-0.2, 0) is 6.42 Å². The third-order valence-corrected chi connectivity index (χ3v) is 3.79. The number of hydrogen-bond donors (Lipinski definition) is 2. The first-order valence-electron chi connectivity index (χ1n) is 7.14. The Hall–Kier alpha value is -0.860. The second-order valence-corrected chi connectivity index (χ2v) is 5.75. The molecular weight excluding hydrogens is 222 g/mol. The second kappa shape index (κ2) is 5.85. The van der Waals surface area contributed by atoms with Crippen LogP contribution in [0.2, 0.25) is 0 Å². The van der Waals surface area contributed by atoms with E-state index in [0.29, 0.717) is 12.0 Å². The summed E-state index contributed by atoms with van der Waals surface area (Å²) in [5.74, 6) is 0.437. The quantitative estimate of drug-likeness (QED) is 0.809. The summed E-state index contributed by atoms with van der Waals surface area (Å²) in [5.41, 5.74) is 2.35. The second-order valence-electron chi connectivity index (χ2n) is 5.75. The summed E-state index contributed by atoms with van der Waals surface area (Å²) in [6.45, 7) is 6.49. The summed E-state index contributed by atoms with van der Waals surface area (Å²) < 4.78 is 0. The number of rotatable bonds is 6. The van der Waals surface area contributed by atoms with E-state index in [1.54, 1.807) is 0 Å². The molecule has 2 rings (SSSR count). The van der Waals surface area contributed by atoms with E-state index in [9.17, 15) is 5.11 Å². The molecule has 0 aromatic heterocycles. The lowest BCUT2D eigenvalue weighted by atomic mass is 9.92. The zero-order valence-electron chi connectivity index (χ0n) is 11.7. The molecule has 100 valence electrons. The molecule has 1 aliphatic rings. The van der Waals surface area contributed by atoms with Crippen molar-refractivity contribution >= 4 is 0 Å². The van der Waals surface area contributed by atoms with Crippen molar-refractivity contribution in [3.05, 3.63) is 35.4 Å². The Morgan fingerprint density at radius 1 is 1.22 bits per heavy atom. The predicted octanol–water partition coefficient (Wildman–Crippen LogP) is 3.06. The van der Waals surface area contributed by atoms with Crippen LogP contribution in [0.3, 0.4) is 0 Å². The molecule has 0 amide bonds. The van der Waals surface area contributed by atoms with Crippen LogP contribution in [-0.4, -0.2) is 17.2 Å². The van der Waals surface area contributed by atoms with Gasteiger partial charge in [-0.15, -0.1) is 0 Å². The zero-order valence-corrected chi connectivity index (χ0v) is 11.7. The van der Waals surface area contributed by atoms with E-state index in [2.05, 4.69) is 50.4 Å². The number of aryl methyl sites for hydroxylation is 1.